The molecular weight excluding hydrogens is 476 g/mol. The number of pyridine rings is 1. The summed E-state index contributed by atoms with van der Waals surface area (Å²) >= 11 is 7.45. The van der Waals surface area contributed by atoms with Gasteiger partial charge in [0.1, 0.15) is 5.84 Å². The zero-order chi connectivity index (χ0) is 24.9. The molecule has 5 nitrogen and oxygen atoms in total. The summed E-state index contributed by atoms with van der Waals surface area (Å²) in [7, 11) is 0. The van der Waals surface area contributed by atoms with Crippen molar-refractivity contribution in [1.29, 1.82) is 0 Å². The highest BCUT2D eigenvalue weighted by Crippen LogP contribution is 2.30. The fraction of sp³-hybridized carbons (Fsp3) is 0.179. The lowest BCUT2D eigenvalue weighted by Crippen LogP contribution is -2.22. The van der Waals surface area contributed by atoms with Crippen molar-refractivity contribution in [3.05, 3.63) is 118 Å². The van der Waals surface area contributed by atoms with Gasteiger partial charge in [-0.25, -0.2) is 0 Å². The van der Waals surface area contributed by atoms with Crippen molar-refractivity contribution in [2.45, 2.75) is 37.2 Å². The smallest absolute Gasteiger partial charge is 0.224 e. The van der Waals surface area contributed by atoms with E-state index in [1.807, 2.05) is 91.9 Å². The van der Waals surface area contributed by atoms with Gasteiger partial charge in [-0.1, -0.05) is 78.5 Å². The number of alkyl halides is 1. The van der Waals surface area contributed by atoms with Gasteiger partial charge in [-0.15, -0.1) is 11.6 Å². The van der Waals surface area contributed by atoms with Crippen molar-refractivity contribution in [2.24, 2.45) is 10.7 Å². The number of aliphatic imine (C=N–C) groups is 1. The van der Waals surface area contributed by atoms with Crippen LogP contribution in [-0.2, 0) is 23.8 Å². The molecule has 0 bridgehead atoms. The third kappa shape index (κ3) is 8.74. The maximum absolute atomic E-state index is 12.2. The minimum absolute atomic E-state index is 0.0526. The van der Waals surface area contributed by atoms with Gasteiger partial charge in [0.05, 0.1) is 18.8 Å². The first kappa shape index (κ1) is 26.3. The van der Waals surface area contributed by atoms with E-state index in [2.05, 4.69) is 15.3 Å². The molecule has 0 spiro atoms. The fourth-order valence-corrected chi connectivity index (χ4v) is 4.27. The van der Waals surface area contributed by atoms with Gasteiger partial charge < -0.3 is 11.1 Å². The Morgan fingerprint density at radius 1 is 1.09 bits per heavy atom. The molecule has 0 saturated heterocycles. The van der Waals surface area contributed by atoms with Crippen molar-refractivity contribution < 1.29 is 4.79 Å². The van der Waals surface area contributed by atoms with Crippen LogP contribution < -0.4 is 11.1 Å². The molecule has 0 fully saturated rings. The molecular formula is C28H29ClN4OS. The highest BCUT2D eigenvalue weighted by molar-refractivity contribution is 8.03. The maximum atomic E-state index is 12.2. The highest BCUT2D eigenvalue weighted by Gasteiger charge is 2.08. The quantitative estimate of drug-likeness (QED) is 0.111. The van der Waals surface area contributed by atoms with Crippen LogP contribution in [0, 0.1) is 0 Å². The average Bonchev–Trinajstić information content (AvgIpc) is 2.91. The molecule has 0 aliphatic carbocycles. The number of nitrogens with zero attached hydrogens (tertiary/aromatic N) is 2. The Kier molecular flexibility index (Phi) is 10.6. The SMILES string of the molecule is C/C=C(\C=C/CC(=O)NCc1ccccn1)Sc1ccccc1C(N)=NCc1ccc(CCl)cc1. The van der Waals surface area contributed by atoms with Gasteiger partial charge in [-0.3, -0.25) is 14.8 Å². The number of carbonyl (C=O) groups excluding carboxylic acids is 1. The summed E-state index contributed by atoms with van der Waals surface area (Å²) in [5, 5.41) is 2.88. The fourth-order valence-electron chi connectivity index (χ4n) is 3.12. The molecule has 0 radical (unpaired) electrons. The first-order chi connectivity index (χ1) is 17.1. The van der Waals surface area contributed by atoms with Gasteiger partial charge in [0.2, 0.25) is 5.91 Å². The Morgan fingerprint density at radius 3 is 2.54 bits per heavy atom. The summed E-state index contributed by atoms with van der Waals surface area (Å²) in [6.07, 6.45) is 7.83. The first-order valence-electron chi connectivity index (χ1n) is 11.3. The van der Waals surface area contributed by atoms with E-state index >= 15 is 0 Å². The second-order valence-corrected chi connectivity index (χ2v) is 9.03. The van der Waals surface area contributed by atoms with E-state index in [-0.39, 0.29) is 5.91 Å². The Balaban J connectivity index is 1.58. The van der Waals surface area contributed by atoms with E-state index in [0.717, 1.165) is 32.2 Å². The molecule has 0 atom stereocenters. The molecule has 0 aliphatic heterocycles. The van der Waals surface area contributed by atoms with Gasteiger partial charge in [-0.2, -0.15) is 0 Å². The van der Waals surface area contributed by atoms with Crippen LogP contribution in [0.15, 0.2) is 106 Å². The zero-order valence-corrected chi connectivity index (χ0v) is 21.2. The predicted molar refractivity (Wildman–Crippen MR) is 146 cm³/mol. The van der Waals surface area contributed by atoms with E-state index in [1.54, 1.807) is 18.0 Å². The Labute approximate surface area is 216 Å². The van der Waals surface area contributed by atoms with Crippen molar-refractivity contribution in [2.75, 3.05) is 0 Å². The van der Waals surface area contributed by atoms with Crippen molar-refractivity contribution in [3.8, 4) is 0 Å². The lowest BCUT2D eigenvalue weighted by molar-refractivity contribution is -0.120. The summed E-state index contributed by atoms with van der Waals surface area (Å²) in [5.41, 5.74) is 10.2. The maximum Gasteiger partial charge on any atom is 0.224 e. The second kappa shape index (κ2) is 14.1. The first-order valence-corrected chi connectivity index (χ1v) is 12.6. The molecule has 1 aromatic heterocycles. The molecule has 1 heterocycles. The Morgan fingerprint density at radius 2 is 1.83 bits per heavy atom. The number of halogens is 1. The largest absolute Gasteiger partial charge is 0.383 e. The molecule has 35 heavy (non-hydrogen) atoms. The van der Waals surface area contributed by atoms with Crippen LogP contribution in [0.25, 0.3) is 0 Å². The molecule has 3 aromatic rings. The second-order valence-electron chi connectivity index (χ2n) is 7.65. The topological polar surface area (TPSA) is 80.4 Å². The Bertz CT molecular complexity index is 1190. The summed E-state index contributed by atoms with van der Waals surface area (Å²) in [5.74, 6) is 0.930. The molecule has 7 heteroatoms. The number of hydrogen-bond donors (Lipinski definition) is 2. The van der Waals surface area contributed by atoms with Gasteiger partial charge in [0.25, 0.3) is 0 Å². The van der Waals surface area contributed by atoms with E-state index < -0.39 is 0 Å². The number of nitrogens with one attached hydrogen (secondary N) is 1. The molecule has 180 valence electrons. The van der Waals surface area contributed by atoms with Crippen LogP contribution in [0.1, 0.15) is 35.7 Å². The number of aromatic nitrogens is 1. The number of amides is 1. The molecule has 3 N–H and O–H groups in total. The van der Waals surface area contributed by atoms with Gasteiger partial charge >= 0.3 is 0 Å². The number of amidine groups is 1. The number of nitrogens with two attached hydrogens (primary N) is 1. The van der Waals surface area contributed by atoms with Gasteiger partial charge in [0, 0.05) is 33.9 Å². The van der Waals surface area contributed by atoms with Crippen LogP contribution in [-0.4, -0.2) is 16.7 Å². The lowest BCUT2D eigenvalue weighted by Gasteiger charge is -2.10. The number of benzene rings is 2. The van der Waals surface area contributed by atoms with Crippen LogP contribution in [0.2, 0.25) is 0 Å². The minimum atomic E-state index is -0.0526. The van der Waals surface area contributed by atoms with Crippen LogP contribution in [0.4, 0.5) is 0 Å². The van der Waals surface area contributed by atoms with Gasteiger partial charge in [0.15, 0.2) is 0 Å². The third-order valence-corrected chi connectivity index (χ3v) is 6.55. The van der Waals surface area contributed by atoms with Crippen molar-refractivity contribution in [3.63, 3.8) is 0 Å². The zero-order valence-electron chi connectivity index (χ0n) is 19.7. The van der Waals surface area contributed by atoms with Crippen LogP contribution in [0.3, 0.4) is 0 Å². The normalized spacial score (nSPS) is 12.2. The lowest BCUT2D eigenvalue weighted by atomic mass is 10.1. The number of rotatable bonds is 11. The number of carbonyl (C=O) groups is 1. The van der Waals surface area contributed by atoms with E-state index in [9.17, 15) is 4.79 Å². The Hall–Kier alpha value is -3.35. The summed E-state index contributed by atoms with van der Waals surface area (Å²) in [6.45, 7) is 2.89. The monoisotopic (exact) mass is 504 g/mol. The molecule has 0 saturated carbocycles. The standard InChI is InChI=1S/C28H29ClN4OS/c1-2-24(9-7-12-27(34)32-20-23-8-5-6-17-31-23)35-26-11-4-3-10-25(26)28(30)33-19-22-15-13-21(18-29)14-16-22/h2-11,13-17H,12,18-20H2,1H3,(H2,30,33)(H,32,34)/b9-7-,24-2+. The van der Waals surface area contributed by atoms with Crippen molar-refractivity contribution >= 4 is 35.1 Å². The number of thioether (sulfide) groups is 1. The molecule has 2 aromatic carbocycles. The molecule has 3 rings (SSSR count). The number of allylic oxidation sites excluding steroid dienone is 2. The summed E-state index contributed by atoms with van der Waals surface area (Å²) in [4.78, 5) is 23.0. The average molecular weight is 505 g/mol. The minimum Gasteiger partial charge on any atom is -0.383 e. The molecule has 1 amide bonds. The predicted octanol–water partition coefficient (Wildman–Crippen LogP) is 5.98. The summed E-state index contributed by atoms with van der Waals surface area (Å²) < 4.78 is 0. The van der Waals surface area contributed by atoms with Crippen molar-refractivity contribution in [1.82, 2.24) is 10.3 Å². The van der Waals surface area contributed by atoms with E-state index in [0.29, 0.717) is 31.2 Å². The van der Waals surface area contributed by atoms with Gasteiger partial charge in [-0.05, 0) is 36.2 Å². The van der Waals surface area contributed by atoms with E-state index in [4.69, 9.17) is 17.3 Å². The van der Waals surface area contributed by atoms with E-state index in [1.165, 1.54) is 0 Å². The van der Waals surface area contributed by atoms with Crippen LogP contribution in [0.5, 0.6) is 0 Å². The number of hydrogen-bond acceptors (Lipinski definition) is 4. The molecule has 0 aliphatic rings. The summed E-state index contributed by atoms with van der Waals surface area (Å²) in [6, 6.07) is 21.6. The highest BCUT2D eigenvalue weighted by atomic mass is 35.5. The third-order valence-electron chi connectivity index (χ3n) is 5.06. The van der Waals surface area contributed by atoms with Crippen LogP contribution >= 0.6 is 23.4 Å². The molecule has 0 unspecified atom stereocenters.